The normalized spacial score (nSPS) is 32.1. The van der Waals surface area contributed by atoms with Gasteiger partial charge < -0.3 is 5.32 Å². The lowest BCUT2D eigenvalue weighted by Gasteiger charge is -2.22. The number of nitrogens with one attached hydrogen (secondary N) is 1. The van der Waals surface area contributed by atoms with E-state index in [0.717, 1.165) is 12.5 Å². The summed E-state index contributed by atoms with van der Waals surface area (Å²) in [5.74, 6) is 2.11. The van der Waals surface area contributed by atoms with E-state index in [-0.39, 0.29) is 0 Å². The van der Waals surface area contributed by atoms with Crippen molar-refractivity contribution < 1.29 is 0 Å². The Labute approximate surface area is 90.9 Å². The van der Waals surface area contributed by atoms with Gasteiger partial charge in [-0.15, -0.1) is 0 Å². The molecule has 0 aromatic rings. The highest BCUT2D eigenvalue weighted by Crippen LogP contribution is 2.25. The molecule has 1 saturated carbocycles. The maximum Gasteiger partial charge on any atom is 0.156 e. The highest BCUT2D eigenvalue weighted by Gasteiger charge is 2.16. The van der Waals surface area contributed by atoms with Gasteiger partial charge in [0.2, 0.25) is 0 Å². The lowest BCUT2D eigenvalue weighted by molar-refractivity contribution is 0.560. The van der Waals surface area contributed by atoms with Crippen molar-refractivity contribution in [3.63, 3.8) is 0 Å². The molecule has 1 aliphatic heterocycles. The van der Waals surface area contributed by atoms with Crippen LogP contribution in [0.25, 0.3) is 0 Å². The van der Waals surface area contributed by atoms with Crippen LogP contribution in [-0.4, -0.2) is 23.5 Å². The van der Waals surface area contributed by atoms with E-state index in [9.17, 15) is 0 Å². The second-order valence-electron chi connectivity index (χ2n) is 4.48. The fourth-order valence-corrected chi connectivity index (χ4v) is 3.27. The Morgan fingerprint density at radius 1 is 1.36 bits per heavy atom. The smallest absolute Gasteiger partial charge is 0.156 e. The average molecular weight is 212 g/mol. The van der Waals surface area contributed by atoms with Crippen LogP contribution in [0.2, 0.25) is 0 Å². The molecule has 14 heavy (non-hydrogen) atoms. The highest BCUT2D eigenvalue weighted by atomic mass is 32.2. The molecule has 1 N–H and O–H groups in total. The minimum Gasteiger partial charge on any atom is -0.362 e. The molecule has 2 fully saturated rings. The molecule has 0 spiro atoms. The zero-order valence-electron chi connectivity index (χ0n) is 8.96. The zero-order valence-corrected chi connectivity index (χ0v) is 9.78. The molecule has 1 aliphatic carbocycles. The molecule has 1 atom stereocenters. The number of amidine groups is 1. The van der Waals surface area contributed by atoms with E-state index in [1.165, 1.54) is 43.0 Å². The molecule has 3 heteroatoms. The van der Waals surface area contributed by atoms with Gasteiger partial charge in [-0.1, -0.05) is 24.6 Å². The third kappa shape index (κ3) is 2.91. The van der Waals surface area contributed by atoms with Crippen LogP contribution < -0.4 is 5.32 Å². The first-order valence-electron chi connectivity index (χ1n) is 5.78. The summed E-state index contributed by atoms with van der Waals surface area (Å²) >= 11 is 1.89. The summed E-state index contributed by atoms with van der Waals surface area (Å²) in [4.78, 5) is 4.68. The van der Waals surface area contributed by atoms with Crippen LogP contribution in [0.3, 0.4) is 0 Å². The molecule has 2 aliphatic rings. The van der Waals surface area contributed by atoms with Crippen molar-refractivity contribution in [2.45, 2.75) is 45.1 Å². The maximum absolute atomic E-state index is 4.68. The zero-order chi connectivity index (χ0) is 9.80. The Kier molecular flexibility index (Phi) is 3.74. The number of rotatable bonds is 2. The molecule has 0 aromatic heterocycles. The minimum atomic E-state index is 0.624. The third-order valence-corrected chi connectivity index (χ3v) is 4.09. The molecule has 1 saturated heterocycles. The molecular weight excluding hydrogens is 192 g/mol. The Morgan fingerprint density at radius 2 is 2.14 bits per heavy atom. The van der Waals surface area contributed by atoms with Crippen molar-refractivity contribution in [1.82, 2.24) is 5.32 Å². The predicted molar refractivity (Wildman–Crippen MR) is 63.9 cm³/mol. The first kappa shape index (κ1) is 10.3. The van der Waals surface area contributed by atoms with Gasteiger partial charge in [-0.25, -0.2) is 0 Å². The van der Waals surface area contributed by atoms with Gasteiger partial charge in [-0.3, -0.25) is 4.99 Å². The average Bonchev–Trinajstić information content (AvgIpc) is 2.67. The van der Waals surface area contributed by atoms with E-state index in [4.69, 9.17) is 0 Å². The van der Waals surface area contributed by atoms with E-state index in [2.05, 4.69) is 17.2 Å². The second-order valence-corrected chi connectivity index (χ2v) is 5.56. The van der Waals surface area contributed by atoms with Gasteiger partial charge >= 0.3 is 0 Å². The lowest BCUT2D eigenvalue weighted by atomic mass is 10.1. The summed E-state index contributed by atoms with van der Waals surface area (Å²) in [5.41, 5.74) is 0. The van der Waals surface area contributed by atoms with Gasteiger partial charge in [0.25, 0.3) is 0 Å². The second kappa shape index (κ2) is 5.06. The molecule has 0 bridgehead atoms. The van der Waals surface area contributed by atoms with Crippen molar-refractivity contribution >= 4 is 16.9 Å². The van der Waals surface area contributed by atoms with Crippen LogP contribution in [-0.2, 0) is 0 Å². The maximum atomic E-state index is 4.68. The SMILES string of the molecule is CC1CCSC(=NCC2CCCC2)N1. The van der Waals surface area contributed by atoms with Crippen LogP contribution >= 0.6 is 11.8 Å². The Morgan fingerprint density at radius 3 is 2.86 bits per heavy atom. The number of hydrogen-bond acceptors (Lipinski definition) is 2. The Bertz CT molecular complexity index is 209. The first-order chi connectivity index (χ1) is 6.84. The van der Waals surface area contributed by atoms with Gasteiger partial charge in [-0.2, -0.15) is 0 Å². The number of thioether (sulfide) groups is 1. The van der Waals surface area contributed by atoms with Gasteiger partial charge in [0.1, 0.15) is 0 Å². The summed E-state index contributed by atoms with van der Waals surface area (Å²) in [5, 5.41) is 4.64. The van der Waals surface area contributed by atoms with E-state index in [1.807, 2.05) is 11.8 Å². The summed E-state index contributed by atoms with van der Waals surface area (Å²) in [6, 6.07) is 0.624. The van der Waals surface area contributed by atoms with Crippen LogP contribution in [0.1, 0.15) is 39.0 Å². The van der Waals surface area contributed by atoms with Gasteiger partial charge in [0, 0.05) is 18.3 Å². The van der Waals surface area contributed by atoms with Crippen molar-refractivity contribution in [2.24, 2.45) is 10.9 Å². The van der Waals surface area contributed by atoms with Crippen molar-refractivity contribution in [2.75, 3.05) is 12.3 Å². The quantitative estimate of drug-likeness (QED) is 0.761. The molecule has 1 unspecified atom stereocenters. The summed E-state index contributed by atoms with van der Waals surface area (Å²) < 4.78 is 0. The molecule has 0 amide bonds. The Balaban J connectivity index is 1.78. The molecule has 2 rings (SSSR count). The Hall–Kier alpha value is -0.180. The molecule has 2 nitrogen and oxygen atoms in total. The van der Waals surface area contributed by atoms with Crippen LogP contribution in [0.5, 0.6) is 0 Å². The fourth-order valence-electron chi connectivity index (χ4n) is 2.15. The standard InChI is InChI=1S/C11H20N2S/c1-9-6-7-14-11(13-9)12-8-10-4-2-3-5-10/h9-10H,2-8H2,1H3,(H,12,13). The van der Waals surface area contributed by atoms with E-state index in [0.29, 0.717) is 6.04 Å². The molecule has 80 valence electrons. The number of aliphatic imine (C=N–C) groups is 1. The topological polar surface area (TPSA) is 24.4 Å². The van der Waals surface area contributed by atoms with Gasteiger partial charge in [0.15, 0.2) is 5.17 Å². The van der Waals surface area contributed by atoms with Crippen LogP contribution in [0.4, 0.5) is 0 Å². The predicted octanol–water partition coefficient (Wildman–Crippen LogP) is 2.65. The van der Waals surface area contributed by atoms with Crippen molar-refractivity contribution in [3.05, 3.63) is 0 Å². The summed E-state index contributed by atoms with van der Waals surface area (Å²) in [6.07, 6.45) is 6.92. The fraction of sp³-hybridized carbons (Fsp3) is 0.909. The molecule has 0 radical (unpaired) electrons. The number of nitrogens with zero attached hydrogens (tertiary/aromatic N) is 1. The van der Waals surface area contributed by atoms with E-state index in [1.54, 1.807) is 0 Å². The molecular formula is C11H20N2S. The molecule has 1 heterocycles. The number of hydrogen-bond donors (Lipinski definition) is 1. The monoisotopic (exact) mass is 212 g/mol. The van der Waals surface area contributed by atoms with E-state index >= 15 is 0 Å². The molecule has 0 aromatic carbocycles. The highest BCUT2D eigenvalue weighted by molar-refractivity contribution is 8.13. The minimum absolute atomic E-state index is 0.624. The lowest BCUT2D eigenvalue weighted by Crippen LogP contribution is -2.35. The first-order valence-corrected chi connectivity index (χ1v) is 6.77. The van der Waals surface area contributed by atoms with Gasteiger partial charge in [-0.05, 0) is 32.1 Å². The summed E-state index contributed by atoms with van der Waals surface area (Å²) in [7, 11) is 0. The third-order valence-electron chi connectivity index (χ3n) is 3.13. The summed E-state index contributed by atoms with van der Waals surface area (Å²) in [6.45, 7) is 3.30. The largest absolute Gasteiger partial charge is 0.362 e. The van der Waals surface area contributed by atoms with Gasteiger partial charge in [0.05, 0.1) is 0 Å². The van der Waals surface area contributed by atoms with Crippen LogP contribution in [0, 0.1) is 5.92 Å². The van der Waals surface area contributed by atoms with Crippen molar-refractivity contribution in [3.8, 4) is 0 Å². The van der Waals surface area contributed by atoms with E-state index < -0.39 is 0 Å². The van der Waals surface area contributed by atoms with Crippen LogP contribution in [0.15, 0.2) is 4.99 Å². The van der Waals surface area contributed by atoms with Crippen molar-refractivity contribution in [1.29, 1.82) is 0 Å².